The molecule has 1 heterocycles. The Balaban J connectivity index is 0.00000256. The minimum Gasteiger partial charge on any atom is -0.354 e. The number of nitrogens with zero attached hydrogens (tertiary/aromatic N) is 1. The fraction of sp³-hybridized carbons (Fsp3) is 0.545. The fourth-order valence-corrected chi connectivity index (χ4v) is 2.17. The summed E-state index contributed by atoms with van der Waals surface area (Å²) >= 11 is 7.45. The number of nitrogens with one attached hydrogen (secondary N) is 2. The molecule has 0 bridgehead atoms. The molecule has 1 aromatic heterocycles. The van der Waals surface area contributed by atoms with Gasteiger partial charge in [0.05, 0.1) is 10.9 Å². The van der Waals surface area contributed by atoms with Crippen LogP contribution in [0.2, 0.25) is 4.34 Å². The zero-order chi connectivity index (χ0) is 12.0. The van der Waals surface area contributed by atoms with Gasteiger partial charge in [0.15, 0.2) is 5.96 Å². The molecule has 0 saturated heterocycles. The van der Waals surface area contributed by atoms with Crippen molar-refractivity contribution in [3.8, 4) is 0 Å². The molecule has 1 unspecified atom stereocenters. The van der Waals surface area contributed by atoms with Gasteiger partial charge in [0.25, 0.3) is 0 Å². The van der Waals surface area contributed by atoms with Crippen molar-refractivity contribution in [3.05, 3.63) is 21.3 Å². The summed E-state index contributed by atoms with van der Waals surface area (Å²) in [5, 5.41) is 6.56. The van der Waals surface area contributed by atoms with Crippen molar-refractivity contribution in [2.75, 3.05) is 7.05 Å². The average molecular weight is 388 g/mol. The van der Waals surface area contributed by atoms with Crippen LogP contribution in [0.25, 0.3) is 0 Å². The monoisotopic (exact) mass is 387 g/mol. The van der Waals surface area contributed by atoms with Crippen LogP contribution in [0.15, 0.2) is 17.1 Å². The van der Waals surface area contributed by atoms with Crippen LogP contribution in [0, 0.1) is 0 Å². The molecule has 1 aromatic rings. The van der Waals surface area contributed by atoms with Gasteiger partial charge in [0.1, 0.15) is 0 Å². The first kappa shape index (κ1) is 17.0. The molecule has 2 N–H and O–H groups in total. The summed E-state index contributed by atoms with van der Waals surface area (Å²) in [4.78, 5) is 5.37. The summed E-state index contributed by atoms with van der Waals surface area (Å²) in [6.07, 6.45) is 1.07. The molecule has 0 aliphatic rings. The number of hydrogen-bond donors (Lipinski definition) is 2. The molecule has 3 nitrogen and oxygen atoms in total. The Bertz CT molecular complexity index is 354. The molecule has 0 aliphatic carbocycles. The van der Waals surface area contributed by atoms with Crippen molar-refractivity contribution >= 4 is 52.9 Å². The van der Waals surface area contributed by atoms with E-state index in [1.807, 2.05) is 12.1 Å². The summed E-state index contributed by atoms with van der Waals surface area (Å²) in [5.74, 6) is 0.832. The van der Waals surface area contributed by atoms with Crippen LogP contribution in [0.5, 0.6) is 0 Å². The van der Waals surface area contributed by atoms with Gasteiger partial charge in [-0.1, -0.05) is 18.5 Å². The lowest BCUT2D eigenvalue weighted by Gasteiger charge is -2.15. The number of aliphatic imine (C=N–C) groups is 1. The first-order valence-electron chi connectivity index (χ1n) is 5.37. The maximum Gasteiger partial charge on any atom is 0.191 e. The Labute approximate surface area is 129 Å². The molecule has 0 aromatic carbocycles. The molecule has 0 radical (unpaired) electrons. The van der Waals surface area contributed by atoms with Gasteiger partial charge in [-0.15, -0.1) is 35.3 Å². The van der Waals surface area contributed by atoms with E-state index in [1.54, 1.807) is 18.4 Å². The normalized spacial score (nSPS) is 12.8. The molecule has 17 heavy (non-hydrogen) atoms. The van der Waals surface area contributed by atoms with Gasteiger partial charge in [-0.2, -0.15) is 0 Å². The second-order valence-corrected chi connectivity index (χ2v) is 5.38. The Morgan fingerprint density at radius 2 is 2.24 bits per heavy atom. The Hall–Kier alpha value is -0.0100. The van der Waals surface area contributed by atoms with Crippen molar-refractivity contribution < 1.29 is 0 Å². The van der Waals surface area contributed by atoms with Crippen LogP contribution < -0.4 is 10.6 Å². The van der Waals surface area contributed by atoms with Crippen LogP contribution >= 0.6 is 46.9 Å². The second-order valence-electron chi connectivity index (χ2n) is 3.59. The lowest BCUT2D eigenvalue weighted by molar-refractivity contribution is 0.624. The first-order chi connectivity index (χ1) is 7.65. The molecule has 98 valence electrons. The van der Waals surface area contributed by atoms with Crippen LogP contribution in [0.4, 0.5) is 0 Å². The quantitative estimate of drug-likeness (QED) is 0.471. The number of thiophene rings is 1. The highest BCUT2D eigenvalue weighted by Crippen LogP contribution is 2.20. The molecule has 0 aliphatic heterocycles. The van der Waals surface area contributed by atoms with Crippen molar-refractivity contribution in [1.29, 1.82) is 0 Å². The van der Waals surface area contributed by atoms with E-state index in [-0.39, 0.29) is 24.0 Å². The summed E-state index contributed by atoms with van der Waals surface area (Å²) in [7, 11) is 1.78. The first-order valence-corrected chi connectivity index (χ1v) is 6.56. The third kappa shape index (κ3) is 6.47. The molecule has 0 saturated carbocycles. The molecule has 0 spiro atoms. The van der Waals surface area contributed by atoms with Gasteiger partial charge in [0.2, 0.25) is 0 Å². The lowest BCUT2D eigenvalue weighted by atomic mass is 10.3. The molecular formula is C11H19ClIN3S. The van der Waals surface area contributed by atoms with E-state index in [0.717, 1.165) is 23.3 Å². The molecule has 1 rings (SSSR count). The summed E-state index contributed by atoms with van der Waals surface area (Å²) in [6, 6.07) is 4.36. The molecule has 0 amide bonds. The lowest BCUT2D eigenvalue weighted by Crippen LogP contribution is -2.41. The van der Waals surface area contributed by atoms with Crippen LogP contribution in [0.3, 0.4) is 0 Å². The second kappa shape index (κ2) is 8.99. The predicted octanol–water partition coefficient (Wildman–Crippen LogP) is 3.48. The van der Waals surface area contributed by atoms with Crippen LogP contribution in [-0.4, -0.2) is 19.0 Å². The van der Waals surface area contributed by atoms with Crippen LogP contribution in [0.1, 0.15) is 25.1 Å². The average Bonchev–Trinajstić information content (AvgIpc) is 2.69. The van der Waals surface area contributed by atoms with Gasteiger partial charge in [-0.3, -0.25) is 4.99 Å². The summed E-state index contributed by atoms with van der Waals surface area (Å²) in [5.41, 5.74) is 0. The smallest absolute Gasteiger partial charge is 0.191 e. The highest BCUT2D eigenvalue weighted by atomic mass is 127. The molecule has 0 fully saturated rings. The predicted molar refractivity (Wildman–Crippen MR) is 87.8 cm³/mol. The number of halogens is 2. The Morgan fingerprint density at radius 1 is 1.53 bits per heavy atom. The van der Waals surface area contributed by atoms with Crippen molar-refractivity contribution in [3.63, 3.8) is 0 Å². The largest absolute Gasteiger partial charge is 0.354 e. The number of guanidine groups is 1. The zero-order valence-electron chi connectivity index (χ0n) is 10.3. The Morgan fingerprint density at radius 3 is 2.71 bits per heavy atom. The maximum atomic E-state index is 5.86. The SMILES string of the molecule is CCC(C)NC(=NC)NCc1ccc(Cl)s1.I. The van der Waals surface area contributed by atoms with E-state index in [1.165, 1.54) is 4.88 Å². The summed E-state index contributed by atoms with van der Waals surface area (Å²) in [6.45, 7) is 5.03. The van der Waals surface area contributed by atoms with E-state index < -0.39 is 0 Å². The van der Waals surface area contributed by atoms with Gasteiger partial charge in [-0.05, 0) is 25.5 Å². The standard InChI is InChI=1S/C11H18ClN3S.HI/c1-4-8(2)15-11(13-3)14-7-9-5-6-10(12)16-9;/h5-6,8H,4,7H2,1-3H3,(H2,13,14,15);1H. The fourth-order valence-electron chi connectivity index (χ4n) is 1.15. The third-order valence-corrected chi connectivity index (χ3v) is 3.51. The molecule has 1 atom stereocenters. The van der Waals surface area contributed by atoms with Gasteiger partial charge >= 0.3 is 0 Å². The van der Waals surface area contributed by atoms with Crippen LogP contribution in [-0.2, 0) is 6.54 Å². The topological polar surface area (TPSA) is 36.4 Å². The van der Waals surface area contributed by atoms with Gasteiger partial charge < -0.3 is 10.6 Å². The van der Waals surface area contributed by atoms with E-state index >= 15 is 0 Å². The minimum atomic E-state index is 0. The Kier molecular flexibility index (Phi) is 8.99. The van der Waals surface area contributed by atoms with Crippen molar-refractivity contribution in [2.24, 2.45) is 4.99 Å². The third-order valence-electron chi connectivity index (χ3n) is 2.28. The highest BCUT2D eigenvalue weighted by molar-refractivity contribution is 14.0. The number of hydrogen-bond acceptors (Lipinski definition) is 2. The minimum absolute atomic E-state index is 0. The number of rotatable bonds is 4. The van der Waals surface area contributed by atoms with E-state index in [9.17, 15) is 0 Å². The van der Waals surface area contributed by atoms with Crippen molar-refractivity contribution in [2.45, 2.75) is 32.9 Å². The molecule has 6 heteroatoms. The zero-order valence-corrected chi connectivity index (χ0v) is 14.2. The van der Waals surface area contributed by atoms with E-state index in [0.29, 0.717) is 6.04 Å². The van der Waals surface area contributed by atoms with Gasteiger partial charge in [-0.25, -0.2) is 0 Å². The van der Waals surface area contributed by atoms with Gasteiger partial charge in [0, 0.05) is 18.0 Å². The highest BCUT2D eigenvalue weighted by Gasteiger charge is 2.03. The molecular weight excluding hydrogens is 369 g/mol. The summed E-state index contributed by atoms with van der Waals surface area (Å²) < 4.78 is 0.821. The van der Waals surface area contributed by atoms with Crippen molar-refractivity contribution in [1.82, 2.24) is 10.6 Å². The van der Waals surface area contributed by atoms with E-state index in [4.69, 9.17) is 11.6 Å². The maximum absolute atomic E-state index is 5.86. The van der Waals surface area contributed by atoms with E-state index in [2.05, 4.69) is 29.5 Å².